The molecule has 3 unspecified atom stereocenters. The van der Waals surface area contributed by atoms with Crippen LogP contribution in [0.15, 0.2) is 11.9 Å². The molecule has 5 nitrogen and oxygen atoms in total. The van der Waals surface area contributed by atoms with Gasteiger partial charge in [0, 0.05) is 18.1 Å². The van der Waals surface area contributed by atoms with Crippen LogP contribution in [0.3, 0.4) is 0 Å². The Kier molecular flexibility index (Phi) is 17.1. The summed E-state index contributed by atoms with van der Waals surface area (Å²) in [4.78, 5) is 13.6. The van der Waals surface area contributed by atoms with Gasteiger partial charge in [-0.1, -0.05) is 103 Å². The van der Waals surface area contributed by atoms with Crippen molar-refractivity contribution in [1.29, 1.82) is 0 Å². The van der Waals surface area contributed by atoms with E-state index >= 15 is 0 Å². The van der Waals surface area contributed by atoms with E-state index in [9.17, 15) is 20.1 Å². The Balaban J connectivity index is 2.39. The van der Waals surface area contributed by atoms with Gasteiger partial charge < -0.3 is 19.8 Å². The summed E-state index contributed by atoms with van der Waals surface area (Å²) in [5.74, 6) is 2.12. The number of carbonyl (C=O) groups is 1. The number of aliphatic hydroxyl groups is 3. The fourth-order valence-electron chi connectivity index (χ4n) is 5.37. The summed E-state index contributed by atoms with van der Waals surface area (Å²) >= 11 is 0. The van der Waals surface area contributed by atoms with E-state index < -0.39 is 11.6 Å². The first-order valence-corrected chi connectivity index (χ1v) is 15.7. The summed E-state index contributed by atoms with van der Waals surface area (Å²) in [6.45, 7) is 1.72. The van der Waals surface area contributed by atoms with Crippen molar-refractivity contribution in [2.45, 2.75) is 128 Å². The lowest BCUT2D eigenvalue weighted by Gasteiger charge is -2.44. The molecule has 1 aromatic rings. The maximum absolute atomic E-state index is 13.6. The van der Waals surface area contributed by atoms with Crippen molar-refractivity contribution in [2.24, 2.45) is 0 Å². The molecule has 0 aliphatic heterocycles. The summed E-state index contributed by atoms with van der Waals surface area (Å²) in [6.07, 6.45) is 19.3. The Labute approximate surface area is 223 Å². The summed E-state index contributed by atoms with van der Waals surface area (Å²) in [5, 5.41) is 30.8. The molecular weight excluding hydrogens is 469 g/mol. The van der Waals surface area contributed by atoms with Crippen molar-refractivity contribution in [2.75, 3.05) is 34.4 Å². The molecule has 0 radical (unpaired) electrons. The first-order chi connectivity index (χ1) is 17.2. The second kappa shape index (κ2) is 18.5. The molecule has 0 aliphatic rings. The molecule has 0 saturated carbocycles. The molecule has 0 bridgehead atoms. The fourth-order valence-corrected chi connectivity index (χ4v) is 6.98. The van der Waals surface area contributed by atoms with Gasteiger partial charge in [-0.05, 0) is 17.8 Å². The molecule has 1 rings (SSSR count). The lowest BCUT2D eigenvalue weighted by Crippen LogP contribution is -2.61. The van der Waals surface area contributed by atoms with Gasteiger partial charge in [0.1, 0.15) is 6.61 Å². The van der Waals surface area contributed by atoms with E-state index in [4.69, 9.17) is 0 Å². The molecule has 1 heterocycles. The molecular formula is C30H57NO4P+. The summed E-state index contributed by atoms with van der Waals surface area (Å²) in [5.41, 5.74) is -0.107. The number of aliphatic hydroxyl groups excluding tert-OH is 3. The Hall–Kier alpha value is -0.710. The molecule has 3 atom stereocenters. The Morgan fingerprint density at radius 1 is 0.861 bits per heavy atom. The van der Waals surface area contributed by atoms with Gasteiger partial charge in [0.15, 0.2) is 0 Å². The van der Waals surface area contributed by atoms with E-state index in [2.05, 4.69) is 6.92 Å². The molecule has 210 valence electrons. The van der Waals surface area contributed by atoms with Gasteiger partial charge in [0.2, 0.25) is 11.3 Å². The largest absolute Gasteiger partial charge is 0.394 e. The average Bonchev–Trinajstić information content (AvgIpc) is 3.29. The Morgan fingerprint density at radius 2 is 1.33 bits per heavy atom. The van der Waals surface area contributed by atoms with Gasteiger partial charge in [-0.3, -0.25) is 4.79 Å². The van der Waals surface area contributed by atoms with Gasteiger partial charge in [-0.25, -0.2) is 0 Å². The minimum atomic E-state index is -0.998. The third kappa shape index (κ3) is 11.0. The second-order valence-electron chi connectivity index (χ2n) is 11.6. The zero-order valence-corrected chi connectivity index (χ0v) is 24.9. The smallest absolute Gasteiger partial charge is 0.210 e. The molecule has 6 heteroatoms. The normalized spacial score (nSPS) is 14.9. The number of unbranched alkanes of at least 4 members (excludes halogenated alkanes) is 14. The van der Waals surface area contributed by atoms with Crippen LogP contribution in [-0.4, -0.2) is 66.0 Å². The number of hydrogen-bond donors (Lipinski definition) is 3. The molecule has 0 fully saturated rings. The van der Waals surface area contributed by atoms with Crippen molar-refractivity contribution in [3.05, 3.63) is 22.7 Å². The Bertz CT molecular complexity index is 699. The summed E-state index contributed by atoms with van der Waals surface area (Å²) < 4.78 is 0.323. The maximum Gasteiger partial charge on any atom is 0.210 e. The van der Waals surface area contributed by atoms with Crippen molar-refractivity contribution in [3.8, 4) is 0 Å². The number of nitrogens with zero attached hydrogens (tertiary/aromatic N) is 1. The quantitative estimate of drug-likeness (QED) is 0.115. The van der Waals surface area contributed by atoms with E-state index in [0.29, 0.717) is 25.5 Å². The monoisotopic (exact) mass is 526 g/mol. The molecule has 0 aliphatic carbocycles. The van der Waals surface area contributed by atoms with Gasteiger partial charge in [-0.15, -0.1) is 8.19 Å². The first kappa shape index (κ1) is 33.3. The van der Waals surface area contributed by atoms with E-state index in [0.717, 1.165) is 23.7 Å². The van der Waals surface area contributed by atoms with Crippen molar-refractivity contribution >= 4 is 14.0 Å². The van der Waals surface area contributed by atoms with Crippen molar-refractivity contribution in [3.63, 3.8) is 0 Å². The van der Waals surface area contributed by atoms with Crippen molar-refractivity contribution in [1.82, 2.24) is 0 Å². The average molecular weight is 527 g/mol. The molecule has 0 saturated heterocycles. The number of likely N-dealkylation sites (N-methyl/N-ethyl adjacent to an activating group) is 1. The fraction of sp³-hybridized carbons (Fsp3) is 0.833. The van der Waals surface area contributed by atoms with E-state index in [1.54, 1.807) is 0 Å². The minimum absolute atomic E-state index is 0.0920. The number of rotatable bonds is 23. The number of carbonyl (C=O) groups excluding carboxylic acids is 1. The van der Waals surface area contributed by atoms with Gasteiger partial charge in [-0.2, -0.15) is 0 Å². The molecule has 0 amide bonds. The topological polar surface area (TPSA) is 77.8 Å². The van der Waals surface area contributed by atoms with Crippen LogP contribution in [0.1, 0.15) is 121 Å². The van der Waals surface area contributed by atoms with E-state index in [-0.39, 0.29) is 19.0 Å². The third-order valence-corrected chi connectivity index (χ3v) is 9.11. The molecule has 1 aromatic heterocycles. The molecule has 36 heavy (non-hydrogen) atoms. The predicted molar refractivity (Wildman–Crippen MR) is 154 cm³/mol. The number of quaternary nitrogens is 1. The standard InChI is InChI=1S/C30H57NO4P/c1-5-6-7-8-9-10-11-12-13-14-15-16-17-18-19-20-28(35)30(25-33,31(2,3)4)29-26(21-22-36-29)23-27(34)24-32/h21-22,27,32-34,36H,5-20,23-25H2,1-4H3/q+1. The summed E-state index contributed by atoms with van der Waals surface area (Å²) in [7, 11) is 6.23. The van der Waals surface area contributed by atoms with Gasteiger partial charge in [0.25, 0.3) is 0 Å². The van der Waals surface area contributed by atoms with E-state index in [1.165, 1.54) is 83.5 Å². The minimum Gasteiger partial charge on any atom is -0.394 e. The zero-order valence-electron chi connectivity index (χ0n) is 23.9. The molecule has 3 N–H and O–H groups in total. The Morgan fingerprint density at radius 3 is 1.75 bits per heavy atom. The van der Waals surface area contributed by atoms with Crippen LogP contribution in [0.2, 0.25) is 0 Å². The van der Waals surface area contributed by atoms with Crippen LogP contribution < -0.4 is 0 Å². The maximum atomic E-state index is 13.6. The number of ketones is 1. The number of Topliss-reactive ketones (excluding diaryl/α,β-unsaturated/α-hetero) is 1. The van der Waals surface area contributed by atoms with E-state index in [1.807, 2.05) is 33.0 Å². The third-order valence-electron chi connectivity index (χ3n) is 7.76. The van der Waals surface area contributed by atoms with Gasteiger partial charge in [0.05, 0.1) is 33.9 Å². The van der Waals surface area contributed by atoms with Crippen LogP contribution in [0.25, 0.3) is 0 Å². The lowest BCUT2D eigenvalue weighted by molar-refractivity contribution is -0.920. The predicted octanol–water partition coefficient (Wildman–Crippen LogP) is 6.34. The lowest BCUT2D eigenvalue weighted by atomic mass is 9.83. The van der Waals surface area contributed by atoms with Crippen molar-refractivity contribution < 1.29 is 24.6 Å². The molecule has 0 spiro atoms. The highest BCUT2D eigenvalue weighted by atomic mass is 31.0. The SMILES string of the molecule is CCCCCCCCCCCCCCCCCC(=O)C(CO)(c1[pH]ccc1CC(O)CO)[N+](C)(C)C. The highest BCUT2D eigenvalue weighted by Crippen LogP contribution is 2.41. The highest BCUT2D eigenvalue weighted by Gasteiger charge is 2.52. The van der Waals surface area contributed by atoms with Crippen LogP contribution >= 0.6 is 8.19 Å². The zero-order chi connectivity index (χ0) is 26.9. The van der Waals surface area contributed by atoms with Crippen LogP contribution in [0.4, 0.5) is 0 Å². The highest BCUT2D eigenvalue weighted by molar-refractivity contribution is 7.30. The number of hydrogen-bond acceptors (Lipinski definition) is 4. The van der Waals surface area contributed by atoms with Crippen LogP contribution in [0, 0.1) is 0 Å². The second-order valence-corrected chi connectivity index (χ2v) is 12.7. The van der Waals surface area contributed by atoms with Crippen LogP contribution in [0.5, 0.6) is 0 Å². The molecule has 0 aromatic carbocycles. The first-order valence-electron chi connectivity index (χ1n) is 14.7. The summed E-state index contributed by atoms with van der Waals surface area (Å²) in [6, 6.07) is 1.95. The van der Waals surface area contributed by atoms with Gasteiger partial charge >= 0.3 is 0 Å². The van der Waals surface area contributed by atoms with Crippen LogP contribution in [-0.2, 0) is 16.8 Å².